The number of hydrogen-bond acceptors (Lipinski definition) is 2. The maximum absolute atomic E-state index is 8.89. The highest BCUT2D eigenvalue weighted by molar-refractivity contribution is 9.10. The lowest BCUT2D eigenvalue weighted by Gasteiger charge is -2.02. The van der Waals surface area contributed by atoms with Crippen LogP contribution >= 0.6 is 15.9 Å². The average Bonchev–Trinajstić information content (AvgIpc) is 2.65. The van der Waals surface area contributed by atoms with E-state index < -0.39 is 0 Å². The number of imidazole rings is 1. The molecule has 0 saturated heterocycles. The molecule has 0 amide bonds. The zero-order valence-corrected chi connectivity index (χ0v) is 8.77. The molecule has 2 aromatic rings. The van der Waals surface area contributed by atoms with Crippen LogP contribution in [0.4, 0.5) is 0 Å². The molecule has 1 heterocycles. The lowest BCUT2D eigenvalue weighted by atomic mass is 10.2. The Labute approximate surface area is 89.8 Å². The topological polar surface area (TPSA) is 41.6 Å². The monoisotopic (exact) mass is 247 g/mol. The fourth-order valence-electron chi connectivity index (χ4n) is 1.22. The first-order chi connectivity index (χ1) is 6.81. The molecule has 0 unspecified atom stereocenters. The van der Waals surface area contributed by atoms with Crippen molar-refractivity contribution in [3.05, 3.63) is 47.0 Å². The maximum atomic E-state index is 8.89. The number of nitrogens with zero attached hydrogens (tertiary/aromatic N) is 3. The van der Waals surface area contributed by atoms with Crippen molar-refractivity contribution in [2.75, 3.05) is 0 Å². The zero-order valence-electron chi connectivity index (χ0n) is 7.18. The lowest BCUT2D eigenvalue weighted by molar-refractivity contribution is 1.05. The number of rotatable bonds is 1. The Bertz CT molecular complexity index is 496. The molecule has 0 saturated carbocycles. The van der Waals surface area contributed by atoms with Crippen LogP contribution in [0, 0.1) is 11.3 Å². The third kappa shape index (κ3) is 1.54. The molecule has 3 nitrogen and oxygen atoms in total. The Hall–Kier alpha value is -1.60. The summed E-state index contributed by atoms with van der Waals surface area (Å²) >= 11 is 3.26. The molecule has 68 valence electrons. The maximum Gasteiger partial charge on any atom is 0.124 e. The summed E-state index contributed by atoms with van der Waals surface area (Å²) in [5.74, 6) is 0. The van der Waals surface area contributed by atoms with Crippen LogP contribution in [0.5, 0.6) is 0 Å². The number of para-hydroxylation sites is 1. The summed E-state index contributed by atoms with van der Waals surface area (Å²) in [4.78, 5) is 4.04. The number of hydrogen-bond donors (Lipinski definition) is 0. The van der Waals surface area contributed by atoms with Crippen LogP contribution in [0.25, 0.3) is 5.69 Å². The van der Waals surface area contributed by atoms with Crippen LogP contribution < -0.4 is 0 Å². The first kappa shape index (κ1) is 8.97. The van der Waals surface area contributed by atoms with E-state index >= 15 is 0 Å². The van der Waals surface area contributed by atoms with Crippen molar-refractivity contribution in [1.82, 2.24) is 9.55 Å². The molecular weight excluding hydrogens is 242 g/mol. The van der Waals surface area contributed by atoms with Gasteiger partial charge in [-0.25, -0.2) is 4.98 Å². The number of benzene rings is 1. The average molecular weight is 248 g/mol. The second kappa shape index (κ2) is 3.64. The molecule has 0 aliphatic carbocycles. The molecule has 0 atom stereocenters. The predicted molar refractivity (Wildman–Crippen MR) is 56.0 cm³/mol. The molecule has 0 aliphatic rings. The van der Waals surface area contributed by atoms with E-state index in [4.69, 9.17) is 5.26 Å². The van der Waals surface area contributed by atoms with Crippen molar-refractivity contribution in [2.24, 2.45) is 0 Å². The van der Waals surface area contributed by atoms with E-state index in [1.165, 1.54) is 0 Å². The Morgan fingerprint density at radius 1 is 1.36 bits per heavy atom. The van der Waals surface area contributed by atoms with E-state index in [0.29, 0.717) is 5.56 Å². The van der Waals surface area contributed by atoms with Gasteiger partial charge < -0.3 is 4.57 Å². The molecule has 0 spiro atoms. The van der Waals surface area contributed by atoms with Gasteiger partial charge in [-0.05, 0) is 28.1 Å². The molecule has 14 heavy (non-hydrogen) atoms. The molecule has 1 aromatic carbocycles. The molecule has 4 heteroatoms. The van der Waals surface area contributed by atoms with E-state index in [1.54, 1.807) is 12.4 Å². The van der Waals surface area contributed by atoms with Crippen molar-refractivity contribution in [3.8, 4) is 11.8 Å². The minimum absolute atomic E-state index is 0.636. The molecule has 1 aromatic heterocycles. The summed E-state index contributed by atoms with van der Waals surface area (Å²) in [6.07, 6.45) is 3.48. The SMILES string of the molecule is N#Cc1ccccc1-n1cnc(Br)c1. The van der Waals surface area contributed by atoms with E-state index in [-0.39, 0.29) is 0 Å². The highest BCUT2D eigenvalue weighted by Crippen LogP contribution is 2.15. The van der Waals surface area contributed by atoms with Crippen molar-refractivity contribution in [2.45, 2.75) is 0 Å². The summed E-state index contributed by atoms with van der Waals surface area (Å²) in [6, 6.07) is 9.54. The first-order valence-corrected chi connectivity index (χ1v) is 4.79. The van der Waals surface area contributed by atoms with Gasteiger partial charge in [0.05, 0.1) is 11.3 Å². The summed E-state index contributed by atoms with van der Waals surface area (Å²) in [5.41, 5.74) is 1.48. The van der Waals surface area contributed by atoms with E-state index in [1.807, 2.05) is 29.0 Å². The van der Waals surface area contributed by atoms with Crippen molar-refractivity contribution >= 4 is 15.9 Å². The summed E-state index contributed by atoms with van der Waals surface area (Å²) < 4.78 is 2.56. The smallest absolute Gasteiger partial charge is 0.124 e. The Balaban J connectivity index is 2.57. The van der Waals surface area contributed by atoms with Gasteiger partial charge in [-0.15, -0.1) is 0 Å². The molecule has 0 radical (unpaired) electrons. The van der Waals surface area contributed by atoms with Crippen molar-refractivity contribution in [1.29, 1.82) is 5.26 Å². The fourth-order valence-corrected chi connectivity index (χ4v) is 1.54. The minimum atomic E-state index is 0.636. The van der Waals surface area contributed by atoms with Crippen molar-refractivity contribution < 1.29 is 0 Å². The quantitative estimate of drug-likeness (QED) is 0.777. The molecular formula is C10H6BrN3. The van der Waals surface area contributed by atoms with Crippen molar-refractivity contribution in [3.63, 3.8) is 0 Å². The normalized spacial score (nSPS) is 9.71. The first-order valence-electron chi connectivity index (χ1n) is 4.00. The van der Waals surface area contributed by atoms with Gasteiger partial charge in [-0.3, -0.25) is 0 Å². The van der Waals surface area contributed by atoms with Gasteiger partial charge >= 0.3 is 0 Å². The third-order valence-electron chi connectivity index (χ3n) is 1.85. The predicted octanol–water partition coefficient (Wildman–Crippen LogP) is 2.51. The Kier molecular flexibility index (Phi) is 2.33. The number of nitriles is 1. The molecule has 0 N–H and O–H groups in total. The van der Waals surface area contributed by atoms with Crippen LogP contribution in [0.15, 0.2) is 41.4 Å². The summed E-state index contributed by atoms with van der Waals surface area (Å²) in [6.45, 7) is 0. The minimum Gasteiger partial charge on any atom is -0.304 e. The Morgan fingerprint density at radius 3 is 2.79 bits per heavy atom. The standard InChI is InChI=1S/C10H6BrN3/c11-10-6-14(7-13-10)9-4-2-1-3-8(9)5-12/h1-4,6-7H. The van der Waals surface area contributed by atoms with Gasteiger partial charge in [0.2, 0.25) is 0 Å². The Morgan fingerprint density at radius 2 is 2.14 bits per heavy atom. The van der Waals surface area contributed by atoms with Crippen LogP contribution in [0.3, 0.4) is 0 Å². The van der Waals surface area contributed by atoms with Crippen LogP contribution in [-0.2, 0) is 0 Å². The highest BCUT2D eigenvalue weighted by Gasteiger charge is 2.03. The number of aromatic nitrogens is 2. The second-order valence-corrected chi connectivity index (χ2v) is 3.55. The molecule has 0 bridgehead atoms. The second-order valence-electron chi connectivity index (χ2n) is 2.73. The third-order valence-corrected chi connectivity index (χ3v) is 2.26. The van der Waals surface area contributed by atoms with Gasteiger partial charge in [-0.2, -0.15) is 5.26 Å². The largest absolute Gasteiger partial charge is 0.304 e. The van der Waals surface area contributed by atoms with Crippen LogP contribution in [0.2, 0.25) is 0 Å². The van der Waals surface area contributed by atoms with Gasteiger partial charge in [0.1, 0.15) is 17.0 Å². The van der Waals surface area contributed by atoms with Gasteiger partial charge in [0.25, 0.3) is 0 Å². The van der Waals surface area contributed by atoms with Crippen LogP contribution in [-0.4, -0.2) is 9.55 Å². The van der Waals surface area contributed by atoms with E-state index in [0.717, 1.165) is 10.3 Å². The molecule has 0 aliphatic heterocycles. The zero-order chi connectivity index (χ0) is 9.97. The lowest BCUT2D eigenvalue weighted by Crippen LogP contribution is -1.93. The van der Waals surface area contributed by atoms with Gasteiger partial charge in [-0.1, -0.05) is 12.1 Å². The van der Waals surface area contributed by atoms with E-state index in [2.05, 4.69) is 27.0 Å². The molecule has 0 fully saturated rings. The number of halogens is 1. The summed E-state index contributed by atoms with van der Waals surface area (Å²) in [5, 5.41) is 8.89. The molecule has 2 rings (SSSR count). The highest BCUT2D eigenvalue weighted by atomic mass is 79.9. The van der Waals surface area contributed by atoms with Gasteiger partial charge in [0, 0.05) is 6.20 Å². The van der Waals surface area contributed by atoms with Crippen LogP contribution in [0.1, 0.15) is 5.56 Å². The van der Waals surface area contributed by atoms with E-state index in [9.17, 15) is 0 Å². The summed E-state index contributed by atoms with van der Waals surface area (Å²) in [7, 11) is 0. The fraction of sp³-hybridized carbons (Fsp3) is 0. The van der Waals surface area contributed by atoms with Gasteiger partial charge in [0.15, 0.2) is 0 Å².